The van der Waals surface area contributed by atoms with Crippen LogP contribution >= 0.6 is 0 Å². The zero-order chi connectivity index (χ0) is 14.5. The van der Waals surface area contributed by atoms with Gasteiger partial charge in [0.2, 0.25) is 0 Å². The lowest BCUT2D eigenvalue weighted by Gasteiger charge is -2.29. The SMILES string of the molecule is CCCCN(c1ccc(F)cc1C(C)NCC)C1CC1. The highest BCUT2D eigenvalue weighted by Gasteiger charge is 2.30. The number of nitrogens with one attached hydrogen (secondary N) is 1. The minimum Gasteiger partial charge on any atom is -0.368 e. The predicted octanol–water partition coefficient (Wildman–Crippen LogP) is 4.27. The van der Waals surface area contributed by atoms with Crippen molar-refractivity contribution in [3.05, 3.63) is 29.6 Å². The Labute approximate surface area is 122 Å². The highest BCUT2D eigenvalue weighted by atomic mass is 19.1. The maximum absolute atomic E-state index is 13.6. The van der Waals surface area contributed by atoms with E-state index in [0.717, 1.165) is 18.7 Å². The summed E-state index contributed by atoms with van der Waals surface area (Å²) >= 11 is 0. The Kier molecular flexibility index (Phi) is 5.41. The highest BCUT2D eigenvalue weighted by molar-refractivity contribution is 5.56. The largest absolute Gasteiger partial charge is 0.368 e. The van der Waals surface area contributed by atoms with Crippen LogP contribution in [-0.4, -0.2) is 19.1 Å². The summed E-state index contributed by atoms with van der Waals surface area (Å²) in [7, 11) is 0. The third-order valence-electron chi connectivity index (χ3n) is 4.02. The first-order valence-corrected chi connectivity index (χ1v) is 7.96. The second kappa shape index (κ2) is 7.07. The molecule has 0 amide bonds. The quantitative estimate of drug-likeness (QED) is 0.764. The van der Waals surface area contributed by atoms with Crippen LogP contribution in [0.4, 0.5) is 10.1 Å². The van der Waals surface area contributed by atoms with E-state index in [-0.39, 0.29) is 11.9 Å². The Hall–Kier alpha value is -1.09. The van der Waals surface area contributed by atoms with Gasteiger partial charge in [-0.2, -0.15) is 0 Å². The molecule has 3 heteroatoms. The molecule has 2 nitrogen and oxygen atoms in total. The first kappa shape index (κ1) is 15.3. The van der Waals surface area contributed by atoms with Gasteiger partial charge in [0.05, 0.1) is 0 Å². The Morgan fingerprint density at radius 1 is 1.35 bits per heavy atom. The molecular formula is C17H27FN2. The van der Waals surface area contributed by atoms with Crippen molar-refractivity contribution in [2.45, 2.75) is 58.5 Å². The van der Waals surface area contributed by atoms with Crippen molar-refractivity contribution in [3.8, 4) is 0 Å². The molecule has 0 saturated heterocycles. The van der Waals surface area contributed by atoms with Gasteiger partial charge in [0.1, 0.15) is 5.82 Å². The maximum atomic E-state index is 13.6. The highest BCUT2D eigenvalue weighted by Crippen LogP contribution is 2.36. The standard InChI is InChI=1S/C17H27FN2/c1-4-6-11-20(15-8-9-15)17-10-7-14(18)12-16(17)13(3)19-5-2/h7,10,12-13,15,19H,4-6,8-9,11H2,1-3H3. The van der Waals surface area contributed by atoms with Crippen LogP contribution in [0.3, 0.4) is 0 Å². The molecule has 1 atom stereocenters. The maximum Gasteiger partial charge on any atom is 0.123 e. The van der Waals surface area contributed by atoms with E-state index >= 15 is 0 Å². The fraction of sp³-hybridized carbons (Fsp3) is 0.647. The van der Waals surface area contributed by atoms with Crippen LogP contribution in [0.15, 0.2) is 18.2 Å². The molecule has 1 aromatic carbocycles. The molecule has 0 bridgehead atoms. The van der Waals surface area contributed by atoms with Crippen LogP contribution in [-0.2, 0) is 0 Å². The number of anilines is 1. The van der Waals surface area contributed by atoms with Gasteiger partial charge in [0.25, 0.3) is 0 Å². The number of rotatable bonds is 8. The Balaban J connectivity index is 2.27. The third kappa shape index (κ3) is 3.72. The van der Waals surface area contributed by atoms with E-state index in [9.17, 15) is 4.39 Å². The Morgan fingerprint density at radius 3 is 2.70 bits per heavy atom. The van der Waals surface area contributed by atoms with Crippen molar-refractivity contribution in [2.24, 2.45) is 0 Å². The average Bonchev–Trinajstić information content (AvgIpc) is 3.25. The van der Waals surface area contributed by atoms with E-state index in [1.807, 2.05) is 6.07 Å². The van der Waals surface area contributed by atoms with Crippen molar-refractivity contribution in [1.29, 1.82) is 0 Å². The van der Waals surface area contributed by atoms with Gasteiger partial charge in [-0.25, -0.2) is 4.39 Å². The molecule has 112 valence electrons. The van der Waals surface area contributed by atoms with E-state index in [0.29, 0.717) is 6.04 Å². The van der Waals surface area contributed by atoms with Gasteiger partial charge in [-0.3, -0.25) is 0 Å². The summed E-state index contributed by atoms with van der Waals surface area (Å²) in [5, 5.41) is 3.41. The van der Waals surface area contributed by atoms with Crippen LogP contribution in [0.25, 0.3) is 0 Å². The molecule has 20 heavy (non-hydrogen) atoms. The lowest BCUT2D eigenvalue weighted by Crippen LogP contribution is -2.29. The van der Waals surface area contributed by atoms with Crippen molar-refractivity contribution in [1.82, 2.24) is 5.32 Å². The number of unbranched alkanes of at least 4 members (excludes halogenated alkanes) is 1. The van der Waals surface area contributed by atoms with Gasteiger partial charge >= 0.3 is 0 Å². The summed E-state index contributed by atoms with van der Waals surface area (Å²) in [6.07, 6.45) is 4.94. The van der Waals surface area contributed by atoms with E-state index in [1.165, 1.54) is 31.4 Å². The average molecular weight is 278 g/mol. The summed E-state index contributed by atoms with van der Waals surface area (Å²) in [4.78, 5) is 2.49. The number of nitrogens with zero attached hydrogens (tertiary/aromatic N) is 1. The van der Waals surface area contributed by atoms with Gasteiger partial charge in [-0.05, 0) is 56.5 Å². The third-order valence-corrected chi connectivity index (χ3v) is 4.02. The van der Waals surface area contributed by atoms with Gasteiger partial charge in [0.15, 0.2) is 0 Å². The minimum absolute atomic E-state index is 0.139. The molecule has 0 radical (unpaired) electrons. The number of benzene rings is 1. The monoisotopic (exact) mass is 278 g/mol. The van der Waals surface area contributed by atoms with Crippen LogP contribution in [0.5, 0.6) is 0 Å². The zero-order valence-corrected chi connectivity index (χ0v) is 13.0. The molecule has 1 aliphatic rings. The van der Waals surface area contributed by atoms with E-state index < -0.39 is 0 Å². The molecule has 1 aliphatic carbocycles. The predicted molar refractivity (Wildman–Crippen MR) is 83.8 cm³/mol. The Bertz CT molecular complexity index is 429. The fourth-order valence-corrected chi connectivity index (χ4v) is 2.76. The number of halogens is 1. The molecule has 0 aromatic heterocycles. The van der Waals surface area contributed by atoms with Crippen LogP contribution in [0, 0.1) is 5.82 Å². The summed E-state index contributed by atoms with van der Waals surface area (Å²) in [5.74, 6) is -0.139. The second-order valence-corrected chi connectivity index (χ2v) is 5.76. The number of hydrogen-bond acceptors (Lipinski definition) is 2. The topological polar surface area (TPSA) is 15.3 Å². The molecule has 0 heterocycles. The summed E-state index contributed by atoms with van der Waals surface area (Å²) in [6, 6.07) is 6.11. The summed E-state index contributed by atoms with van der Waals surface area (Å²) in [6.45, 7) is 8.41. The first-order valence-electron chi connectivity index (χ1n) is 7.96. The van der Waals surface area contributed by atoms with Gasteiger partial charge in [-0.1, -0.05) is 20.3 Å². The molecule has 1 saturated carbocycles. The van der Waals surface area contributed by atoms with Crippen LogP contribution in [0.2, 0.25) is 0 Å². The van der Waals surface area contributed by atoms with Crippen molar-refractivity contribution in [2.75, 3.05) is 18.0 Å². The van der Waals surface area contributed by atoms with E-state index in [4.69, 9.17) is 0 Å². The summed E-state index contributed by atoms with van der Waals surface area (Å²) < 4.78 is 13.6. The fourth-order valence-electron chi connectivity index (χ4n) is 2.76. The minimum atomic E-state index is -0.139. The molecule has 1 unspecified atom stereocenters. The normalized spacial score (nSPS) is 16.2. The Morgan fingerprint density at radius 2 is 2.10 bits per heavy atom. The van der Waals surface area contributed by atoms with Crippen LogP contribution in [0.1, 0.15) is 58.1 Å². The molecule has 0 aliphatic heterocycles. The van der Waals surface area contributed by atoms with Gasteiger partial charge in [0, 0.05) is 24.3 Å². The van der Waals surface area contributed by atoms with E-state index in [2.05, 4.69) is 31.0 Å². The molecule has 1 N–H and O–H groups in total. The second-order valence-electron chi connectivity index (χ2n) is 5.76. The molecule has 2 rings (SSSR count). The smallest absolute Gasteiger partial charge is 0.123 e. The zero-order valence-electron chi connectivity index (χ0n) is 13.0. The number of hydrogen-bond donors (Lipinski definition) is 1. The van der Waals surface area contributed by atoms with Gasteiger partial charge < -0.3 is 10.2 Å². The van der Waals surface area contributed by atoms with Crippen molar-refractivity contribution >= 4 is 5.69 Å². The lowest BCUT2D eigenvalue weighted by molar-refractivity contribution is 0.579. The molecule has 0 spiro atoms. The molecular weight excluding hydrogens is 251 g/mol. The molecule has 1 fully saturated rings. The van der Waals surface area contributed by atoms with Gasteiger partial charge in [-0.15, -0.1) is 0 Å². The van der Waals surface area contributed by atoms with Crippen molar-refractivity contribution in [3.63, 3.8) is 0 Å². The van der Waals surface area contributed by atoms with E-state index in [1.54, 1.807) is 12.1 Å². The lowest BCUT2D eigenvalue weighted by atomic mass is 10.0. The summed E-state index contributed by atoms with van der Waals surface area (Å²) in [5.41, 5.74) is 2.31. The molecule has 1 aromatic rings. The van der Waals surface area contributed by atoms with Crippen LogP contribution < -0.4 is 10.2 Å². The van der Waals surface area contributed by atoms with Crippen molar-refractivity contribution < 1.29 is 4.39 Å². The first-order chi connectivity index (χ1) is 9.67.